The molecular weight excluding hydrogens is 293 g/mol. The van der Waals surface area contributed by atoms with Crippen LogP contribution in [0.15, 0.2) is 30.6 Å². The number of aromatic nitrogens is 1. The summed E-state index contributed by atoms with van der Waals surface area (Å²) in [6.07, 6.45) is 2.40. The molecule has 0 amide bonds. The number of ketones is 1. The van der Waals surface area contributed by atoms with E-state index in [1.807, 2.05) is 0 Å². The zero-order chi connectivity index (χ0) is 13.1. The molecule has 0 radical (unpaired) electrons. The Balaban J connectivity index is 2.08. The molecule has 0 spiro atoms. The fourth-order valence-electron chi connectivity index (χ4n) is 1.36. The van der Waals surface area contributed by atoms with E-state index in [1.54, 1.807) is 25.1 Å². The number of Topliss-reactive ketones (excluding diaryl/α,β-unsaturated/α-hetero) is 1. The molecule has 0 saturated heterocycles. The van der Waals surface area contributed by atoms with Gasteiger partial charge in [-0.25, -0.2) is 0 Å². The summed E-state index contributed by atoms with van der Waals surface area (Å²) in [7, 11) is 0. The van der Waals surface area contributed by atoms with Crippen molar-refractivity contribution < 1.29 is 9.53 Å². The van der Waals surface area contributed by atoms with E-state index in [0.717, 1.165) is 0 Å². The average molecular weight is 302 g/mol. The van der Waals surface area contributed by atoms with Crippen molar-refractivity contribution in [2.24, 2.45) is 0 Å². The van der Waals surface area contributed by atoms with Gasteiger partial charge in [-0.15, -0.1) is 11.3 Å². The predicted octanol–water partition coefficient (Wildman–Crippen LogP) is 4.10. The number of carbonyl (C=O) groups is 1. The minimum atomic E-state index is -0.611. The van der Waals surface area contributed by atoms with Gasteiger partial charge in [-0.05, 0) is 19.1 Å². The van der Waals surface area contributed by atoms with Crippen molar-refractivity contribution in [3.8, 4) is 5.75 Å². The zero-order valence-electron chi connectivity index (χ0n) is 9.39. The molecule has 0 bridgehead atoms. The molecule has 1 atom stereocenters. The van der Waals surface area contributed by atoms with Gasteiger partial charge in [0, 0.05) is 12.3 Å². The maximum absolute atomic E-state index is 12.0. The lowest BCUT2D eigenvalue weighted by Crippen LogP contribution is -2.23. The summed E-state index contributed by atoms with van der Waals surface area (Å²) in [6.45, 7) is 1.68. The lowest BCUT2D eigenvalue weighted by atomic mass is 10.2. The number of halogens is 2. The van der Waals surface area contributed by atoms with Crippen LogP contribution in [-0.2, 0) is 0 Å². The first kappa shape index (κ1) is 13.3. The van der Waals surface area contributed by atoms with Gasteiger partial charge in [0.1, 0.15) is 5.75 Å². The van der Waals surface area contributed by atoms with Crippen LogP contribution in [0.4, 0.5) is 0 Å². The van der Waals surface area contributed by atoms with Gasteiger partial charge >= 0.3 is 0 Å². The average Bonchev–Trinajstić information content (AvgIpc) is 2.75. The SMILES string of the molecule is CC(Oc1cncc(Cl)c1)C(=O)c1ccc(Cl)s1. The van der Waals surface area contributed by atoms with E-state index < -0.39 is 6.10 Å². The van der Waals surface area contributed by atoms with Crippen molar-refractivity contribution >= 4 is 40.3 Å². The molecule has 2 rings (SSSR count). The third-order valence-electron chi connectivity index (χ3n) is 2.18. The van der Waals surface area contributed by atoms with Gasteiger partial charge < -0.3 is 4.74 Å². The van der Waals surface area contributed by atoms with Gasteiger partial charge in [-0.2, -0.15) is 0 Å². The van der Waals surface area contributed by atoms with Gasteiger partial charge in [0.2, 0.25) is 5.78 Å². The van der Waals surface area contributed by atoms with E-state index >= 15 is 0 Å². The molecule has 6 heteroatoms. The molecule has 0 N–H and O–H groups in total. The topological polar surface area (TPSA) is 39.2 Å². The quantitative estimate of drug-likeness (QED) is 0.798. The Hall–Kier alpha value is -1.10. The smallest absolute Gasteiger partial charge is 0.212 e. The summed E-state index contributed by atoms with van der Waals surface area (Å²) < 4.78 is 6.07. The summed E-state index contributed by atoms with van der Waals surface area (Å²) in [5.41, 5.74) is 0. The number of hydrogen-bond donors (Lipinski definition) is 0. The molecule has 1 unspecified atom stereocenters. The number of nitrogens with zero attached hydrogens (tertiary/aromatic N) is 1. The molecule has 0 aliphatic heterocycles. The van der Waals surface area contributed by atoms with E-state index in [0.29, 0.717) is 20.0 Å². The number of rotatable bonds is 4. The highest BCUT2D eigenvalue weighted by Crippen LogP contribution is 2.24. The second-order valence-corrected chi connectivity index (χ2v) is 5.72. The number of hydrogen-bond acceptors (Lipinski definition) is 4. The van der Waals surface area contributed by atoms with Crippen LogP contribution in [0.5, 0.6) is 5.75 Å². The minimum absolute atomic E-state index is 0.119. The molecule has 0 saturated carbocycles. The van der Waals surface area contributed by atoms with Crippen molar-refractivity contribution in [1.82, 2.24) is 4.98 Å². The van der Waals surface area contributed by atoms with Gasteiger partial charge in [-0.3, -0.25) is 9.78 Å². The third kappa shape index (κ3) is 3.22. The summed E-state index contributed by atoms with van der Waals surface area (Å²) in [4.78, 5) is 16.5. The fourth-order valence-corrected chi connectivity index (χ4v) is 2.59. The highest BCUT2D eigenvalue weighted by atomic mass is 35.5. The third-order valence-corrected chi connectivity index (χ3v) is 3.63. The van der Waals surface area contributed by atoms with Crippen LogP contribution in [0, 0.1) is 0 Å². The monoisotopic (exact) mass is 301 g/mol. The number of pyridine rings is 1. The molecule has 0 aliphatic rings. The van der Waals surface area contributed by atoms with E-state index in [2.05, 4.69) is 4.98 Å². The highest BCUT2D eigenvalue weighted by Gasteiger charge is 2.18. The normalized spacial score (nSPS) is 12.2. The Labute approximate surface area is 118 Å². The van der Waals surface area contributed by atoms with E-state index in [-0.39, 0.29) is 5.78 Å². The highest BCUT2D eigenvalue weighted by molar-refractivity contribution is 7.18. The van der Waals surface area contributed by atoms with E-state index in [1.165, 1.54) is 23.7 Å². The van der Waals surface area contributed by atoms with Gasteiger partial charge in [-0.1, -0.05) is 23.2 Å². The van der Waals surface area contributed by atoms with Crippen molar-refractivity contribution in [3.05, 3.63) is 44.8 Å². The van der Waals surface area contributed by atoms with Crippen molar-refractivity contribution in [2.75, 3.05) is 0 Å². The largest absolute Gasteiger partial charge is 0.481 e. The number of thiophene rings is 1. The molecular formula is C12H9Cl2NO2S. The predicted molar refractivity (Wildman–Crippen MR) is 73.0 cm³/mol. The van der Waals surface area contributed by atoms with E-state index in [9.17, 15) is 4.79 Å². The van der Waals surface area contributed by atoms with Gasteiger partial charge in [0.25, 0.3) is 0 Å². The maximum atomic E-state index is 12.0. The molecule has 0 fully saturated rings. The fraction of sp³-hybridized carbons (Fsp3) is 0.167. The lowest BCUT2D eigenvalue weighted by Gasteiger charge is -2.12. The summed E-state index contributed by atoms with van der Waals surface area (Å²) in [6, 6.07) is 4.98. The molecule has 0 aromatic carbocycles. The second kappa shape index (κ2) is 5.69. The van der Waals surface area contributed by atoms with Crippen molar-refractivity contribution in [2.45, 2.75) is 13.0 Å². The van der Waals surface area contributed by atoms with Crippen molar-refractivity contribution in [3.63, 3.8) is 0 Å². The standard InChI is InChI=1S/C12H9Cl2NO2S/c1-7(12(16)10-2-3-11(14)18-10)17-9-4-8(13)5-15-6-9/h2-7H,1H3. The van der Waals surface area contributed by atoms with Crippen LogP contribution in [-0.4, -0.2) is 16.9 Å². The van der Waals surface area contributed by atoms with Crippen LogP contribution in [0.2, 0.25) is 9.36 Å². The Morgan fingerprint density at radius 1 is 1.39 bits per heavy atom. The summed E-state index contributed by atoms with van der Waals surface area (Å²) in [5.74, 6) is 0.345. The molecule has 18 heavy (non-hydrogen) atoms. The molecule has 2 aromatic heterocycles. The Kier molecular flexibility index (Phi) is 4.22. The molecule has 0 aliphatic carbocycles. The van der Waals surface area contributed by atoms with E-state index in [4.69, 9.17) is 27.9 Å². The summed E-state index contributed by atoms with van der Waals surface area (Å²) in [5, 5.41) is 0.464. The molecule has 94 valence electrons. The molecule has 3 nitrogen and oxygen atoms in total. The molecule has 2 heterocycles. The van der Waals surface area contributed by atoms with Crippen molar-refractivity contribution in [1.29, 1.82) is 0 Å². The first-order chi connectivity index (χ1) is 8.56. The van der Waals surface area contributed by atoms with Crippen LogP contribution in [0.25, 0.3) is 0 Å². The minimum Gasteiger partial charge on any atom is -0.481 e. The van der Waals surface area contributed by atoms with Gasteiger partial charge in [0.15, 0.2) is 6.10 Å². The second-order valence-electron chi connectivity index (χ2n) is 3.57. The van der Waals surface area contributed by atoms with Crippen LogP contribution in [0.3, 0.4) is 0 Å². The zero-order valence-corrected chi connectivity index (χ0v) is 11.7. The van der Waals surface area contributed by atoms with Gasteiger partial charge in [0.05, 0.1) is 20.4 Å². The Bertz CT molecular complexity index is 571. The first-order valence-corrected chi connectivity index (χ1v) is 6.70. The van der Waals surface area contributed by atoms with Crippen LogP contribution in [0.1, 0.15) is 16.6 Å². The molecule has 2 aromatic rings. The van der Waals surface area contributed by atoms with Crippen LogP contribution >= 0.6 is 34.5 Å². The van der Waals surface area contributed by atoms with Crippen LogP contribution < -0.4 is 4.74 Å². The Morgan fingerprint density at radius 2 is 2.17 bits per heavy atom. The number of ether oxygens (including phenoxy) is 1. The maximum Gasteiger partial charge on any atom is 0.212 e. The first-order valence-electron chi connectivity index (χ1n) is 5.13. The Morgan fingerprint density at radius 3 is 2.78 bits per heavy atom. The summed E-state index contributed by atoms with van der Waals surface area (Å²) >= 11 is 12.8. The lowest BCUT2D eigenvalue weighted by molar-refractivity contribution is 0.0822. The number of carbonyl (C=O) groups excluding carboxylic acids is 1.